The zero-order valence-electron chi connectivity index (χ0n) is 11.1. The van der Waals surface area contributed by atoms with Crippen LogP contribution < -0.4 is 4.90 Å². The van der Waals surface area contributed by atoms with E-state index in [0.717, 1.165) is 40.3 Å². The monoisotopic (exact) mass is 351 g/mol. The van der Waals surface area contributed by atoms with Gasteiger partial charge in [0.15, 0.2) is 0 Å². The summed E-state index contributed by atoms with van der Waals surface area (Å²) in [7, 11) is 0. The standard InChI is InChI=1S/C16H12BrF2NO/c17-12-1-4-15-10(7-12)5-6-20(15)16(21)9-11-8-13(18)2-3-14(11)19/h1-4,7-8H,5-6,9H2. The van der Waals surface area contributed by atoms with Crippen molar-refractivity contribution in [3.63, 3.8) is 0 Å². The molecule has 0 bridgehead atoms. The van der Waals surface area contributed by atoms with Crippen molar-refractivity contribution in [3.8, 4) is 0 Å². The molecular weight excluding hydrogens is 340 g/mol. The minimum atomic E-state index is -0.556. The number of nitrogens with zero attached hydrogens (tertiary/aromatic N) is 1. The topological polar surface area (TPSA) is 20.3 Å². The van der Waals surface area contributed by atoms with Gasteiger partial charge in [0.05, 0.1) is 6.42 Å². The fourth-order valence-corrected chi connectivity index (χ4v) is 2.98. The van der Waals surface area contributed by atoms with Crippen LogP contribution >= 0.6 is 15.9 Å². The summed E-state index contributed by atoms with van der Waals surface area (Å²) < 4.78 is 27.7. The molecule has 0 saturated heterocycles. The molecule has 0 fully saturated rings. The van der Waals surface area contributed by atoms with Crippen LogP contribution in [0.3, 0.4) is 0 Å². The van der Waals surface area contributed by atoms with Gasteiger partial charge in [0.2, 0.25) is 5.91 Å². The highest BCUT2D eigenvalue weighted by molar-refractivity contribution is 9.10. The van der Waals surface area contributed by atoms with Crippen LogP contribution in [0.25, 0.3) is 0 Å². The maximum atomic E-state index is 13.6. The number of halogens is 3. The number of hydrogen-bond acceptors (Lipinski definition) is 1. The van der Waals surface area contributed by atoms with Gasteiger partial charge in [-0.1, -0.05) is 15.9 Å². The van der Waals surface area contributed by atoms with Gasteiger partial charge in [-0.15, -0.1) is 0 Å². The minimum absolute atomic E-state index is 0.0885. The van der Waals surface area contributed by atoms with Gasteiger partial charge in [-0.25, -0.2) is 8.78 Å². The van der Waals surface area contributed by atoms with E-state index >= 15 is 0 Å². The lowest BCUT2D eigenvalue weighted by Gasteiger charge is -2.17. The second kappa shape index (κ2) is 5.56. The van der Waals surface area contributed by atoms with Gasteiger partial charge in [-0.3, -0.25) is 4.79 Å². The average molecular weight is 352 g/mol. The average Bonchev–Trinajstić information content (AvgIpc) is 2.85. The van der Waals surface area contributed by atoms with Crippen molar-refractivity contribution < 1.29 is 13.6 Å². The van der Waals surface area contributed by atoms with Crippen LogP contribution in [0.1, 0.15) is 11.1 Å². The van der Waals surface area contributed by atoms with E-state index in [1.54, 1.807) is 4.90 Å². The molecule has 1 aliphatic rings. The first-order valence-corrected chi connectivity index (χ1v) is 7.36. The molecule has 0 atom stereocenters. The Labute approximate surface area is 129 Å². The zero-order chi connectivity index (χ0) is 15.0. The van der Waals surface area contributed by atoms with Crippen molar-refractivity contribution in [3.05, 3.63) is 63.6 Å². The van der Waals surface area contributed by atoms with E-state index in [2.05, 4.69) is 15.9 Å². The van der Waals surface area contributed by atoms with Gasteiger partial charge in [0.25, 0.3) is 0 Å². The smallest absolute Gasteiger partial charge is 0.231 e. The number of amides is 1. The molecule has 1 amide bonds. The summed E-state index contributed by atoms with van der Waals surface area (Å²) >= 11 is 3.40. The number of carbonyl (C=O) groups is 1. The Morgan fingerprint density at radius 1 is 1.19 bits per heavy atom. The molecule has 0 spiro atoms. The van der Waals surface area contributed by atoms with Crippen LogP contribution in [-0.2, 0) is 17.6 Å². The fraction of sp³-hybridized carbons (Fsp3) is 0.188. The molecule has 108 valence electrons. The maximum Gasteiger partial charge on any atom is 0.231 e. The highest BCUT2D eigenvalue weighted by Crippen LogP contribution is 2.31. The SMILES string of the molecule is O=C(Cc1cc(F)ccc1F)N1CCc2cc(Br)ccc21. The van der Waals surface area contributed by atoms with Crippen molar-refractivity contribution in [2.45, 2.75) is 12.8 Å². The summed E-state index contributed by atoms with van der Waals surface area (Å²) in [6, 6.07) is 8.88. The van der Waals surface area contributed by atoms with Gasteiger partial charge in [-0.2, -0.15) is 0 Å². The van der Waals surface area contributed by atoms with Gasteiger partial charge >= 0.3 is 0 Å². The molecule has 0 N–H and O–H groups in total. The molecule has 0 saturated carbocycles. The molecule has 0 unspecified atom stereocenters. The van der Waals surface area contributed by atoms with Gasteiger partial charge in [0.1, 0.15) is 11.6 Å². The molecule has 3 rings (SSSR count). The first-order valence-electron chi connectivity index (χ1n) is 6.57. The van der Waals surface area contributed by atoms with Crippen LogP contribution in [0.15, 0.2) is 40.9 Å². The molecule has 2 aromatic rings. The molecule has 21 heavy (non-hydrogen) atoms. The lowest BCUT2D eigenvalue weighted by atomic mass is 10.1. The van der Waals surface area contributed by atoms with Crippen LogP contribution in [-0.4, -0.2) is 12.5 Å². The van der Waals surface area contributed by atoms with Crippen LogP contribution in [0.4, 0.5) is 14.5 Å². The molecule has 1 aliphatic heterocycles. The van der Waals surface area contributed by atoms with Crippen molar-refractivity contribution in [1.82, 2.24) is 0 Å². The Kier molecular flexibility index (Phi) is 3.76. The summed E-state index contributed by atoms with van der Waals surface area (Å²) in [6.07, 6.45) is 0.630. The van der Waals surface area contributed by atoms with E-state index in [0.29, 0.717) is 6.54 Å². The second-order valence-corrected chi connectivity index (χ2v) is 5.90. The molecule has 0 aromatic heterocycles. The Morgan fingerprint density at radius 3 is 2.81 bits per heavy atom. The molecule has 0 aliphatic carbocycles. The van der Waals surface area contributed by atoms with E-state index < -0.39 is 11.6 Å². The Balaban J connectivity index is 1.83. The van der Waals surface area contributed by atoms with E-state index in [4.69, 9.17) is 0 Å². The quantitative estimate of drug-likeness (QED) is 0.804. The summed E-state index contributed by atoms with van der Waals surface area (Å²) in [5.41, 5.74) is 2.02. The Bertz CT molecular complexity index is 717. The Morgan fingerprint density at radius 2 is 2.00 bits per heavy atom. The normalized spacial score (nSPS) is 13.4. The third-order valence-corrected chi connectivity index (χ3v) is 4.08. The highest BCUT2D eigenvalue weighted by Gasteiger charge is 2.25. The van der Waals surface area contributed by atoms with Crippen LogP contribution in [0.2, 0.25) is 0 Å². The predicted molar refractivity (Wildman–Crippen MR) is 80.3 cm³/mol. The summed E-state index contributed by atoms with van der Waals surface area (Å²) in [5.74, 6) is -1.31. The summed E-state index contributed by atoms with van der Waals surface area (Å²) in [4.78, 5) is 14.0. The molecule has 5 heteroatoms. The summed E-state index contributed by atoms with van der Waals surface area (Å²) in [6.45, 7) is 0.571. The fourth-order valence-electron chi connectivity index (χ4n) is 2.57. The lowest BCUT2D eigenvalue weighted by molar-refractivity contribution is -0.117. The van der Waals surface area contributed by atoms with E-state index in [-0.39, 0.29) is 17.9 Å². The first kappa shape index (κ1) is 14.2. The molecule has 1 heterocycles. The van der Waals surface area contributed by atoms with Crippen LogP contribution in [0, 0.1) is 11.6 Å². The van der Waals surface area contributed by atoms with Crippen molar-refractivity contribution in [2.24, 2.45) is 0 Å². The predicted octanol–water partition coefficient (Wildman–Crippen LogP) is 3.86. The number of rotatable bonds is 2. The van der Waals surface area contributed by atoms with E-state index in [9.17, 15) is 13.6 Å². The molecule has 0 radical (unpaired) electrons. The number of anilines is 1. The second-order valence-electron chi connectivity index (χ2n) is 4.98. The van der Waals surface area contributed by atoms with Gasteiger partial charge in [-0.05, 0) is 48.4 Å². The minimum Gasteiger partial charge on any atom is -0.312 e. The lowest BCUT2D eigenvalue weighted by Crippen LogP contribution is -2.30. The number of hydrogen-bond donors (Lipinski definition) is 0. The van der Waals surface area contributed by atoms with Crippen molar-refractivity contribution in [2.75, 3.05) is 11.4 Å². The van der Waals surface area contributed by atoms with Crippen molar-refractivity contribution in [1.29, 1.82) is 0 Å². The van der Waals surface area contributed by atoms with E-state index in [1.807, 2.05) is 18.2 Å². The molecular formula is C16H12BrF2NO. The van der Waals surface area contributed by atoms with Gasteiger partial charge < -0.3 is 4.90 Å². The largest absolute Gasteiger partial charge is 0.312 e. The van der Waals surface area contributed by atoms with Crippen molar-refractivity contribution >= 4 is 27.5 Å². The molecule has 2 aromatic carbocycles. The third kappa shape index (κ3) is 2.83. The number of carbonyl (C=O) groups excluding carboxylic acids is 1. The maximum absolute atomic E-state index is 13.6. The number of fused-ring (bicyclic) bond motifs is 1. The zero-order valence-corrected chi connectivity index (χ0v) is 12.7. The summed E-state index contributed by atoms with van der Waals surface area (Å²) in [5, 5.41) is 0. The Hall–Kier alpha value is -1.75. The third-order valence-electron chi connectivity index (χ3n) is 3.59. The first-order chi connectivity index (χ1) is 10.0. The molecule has 2 nitrogen and oxygen atoms in total. The number of benzene rings is 2. The highest BCUT2D eigenvalue weighted by atomic mass is 79.9. The van der Waals surface area contributed by atoms with Gasteiger partial charge in [0, 0.05) is 22.3 Å². The van der Waals surface area contributed by atoms with Crippen LogP contribution in [0.5, 0.6) is 0 Å². The van der Waals surface area contributed by atoms with E-state index in [1.165, 1.54) is 0 Å².